The molecule has 84 valence electrons. The second kappa shape index (κ2) is 4.57. The van der Waals surface area contributed by atoms with E-state index in [4.69, 9.17) is 14.6 Å². The van der Waals surface area contributed by atoms with Gasteiger partial charge in [-0.1, -0.05) is 18.2 Å². The van der Waals surface area contributed by atoms with Crippen molar-refractivity contribution >= 4 is 5.97 Å². The molecule has 0 bridgehead atoms. The Hall–Kier alpha value is -1.17. The molecule has 0 saturated carbocycles. The molecule has 2 N–H and O–H groups in total. The largest absolute Gasteiger partial charge is 0.479 e. The van der Waals surface area contributed by atoms with Crippen molar-refractivity contribution < 1.29 is 24.5 Å². The molecule has 0 amide bonds. The fourth-order valence-corrected chi connectivity index (χ4v) is 1.61. The Morgan fingerprint density at radius 2 is 2.13 bits per heavy atom. The lowest BCUT2D eigenvalue weighted by atomic mass is 9.86. The molecule has 0 heterocycles. The average molecular weight is 214 g/mol. The van der Waals surface area contributed by atoms with E-state index in [1.807, 2.05) is 0 Å². The summed E-state index contributed by atoms with van der Waals surface area (Å²) in [5, 5.41) is 18.4. The SMILES string of the molecule is COC1C=CC=CC1(OC)C(O)C(=O)O. The van der Waals surface area contributed by atoms with E-state index >= 15 is 0 Å². The molecule has 5 nitrogen and oxygen atoms in total. The highest BCUT2D eigenvalue weighted by atomic mass is 16.6. The first-order valence-corrected chi connectivity index (χ1v) is 4.43. The number of aliphatic carboxylic acids is 1. The summed E-state index contributed by atoms with van der Waals surface area (Å²) >= 11 is 0. The number of methoxy groups -OCH3 is 2. The summed E-state index contributed by atoms with van der Waals surface area (Å²) < 4.78 is 10.2. The van der Waals surface area contributed by atoms with Crippen LogP contribution < -0.4 is 0 Å². The van der Waals surface area contributed by atoms with Crippen molar-refractivity contribution in [3.63, 3.8) is 0 Å². The lowest BCUT2D eigenvalue weighted by Crippen LogP contribution is -2.56. The van der Waals surface area contributed by atoms with Gasteiger partial charge in [-0.25, -0.2) is 4.79 Å². The Kier molecular flexibility index (Phi) is 3.62. The van der Waals surface area contributed by atoms with Gasteiger partial charge in [0.2, 0.25) is 0 Å². The Bertz CT molecular complexity index is 292. The fraction of sp³-hybridized carbons (Fsp3) is 0.500. The molecule has 0 aromatic heterocycles. The third-order valence-corrected chi connectivity index (χ3v) is 2.47. The molecular weight excluding hydrogens is 200 g/mol. The molecule has 1 aliphatic carbocycles. The van der Waals surface area contributed by atoms with Gasteiger partial charge in [-0.05, 0) is 6.08 Å². The molecule has 1 aliphatic rings. The number of rotatable bonds is 4. The van der Waals surface area contributed by atoms with E-state index in [1.165, 1.54) is 20.3 Å². The summed E-state index contributed by atoms with van der Waals surface area (Å²) in [7, 11) is 2.76. The Morgan fingerprint density at radius 3 is 2.60 bits per heavy atom. The van der Waals surface area contributed by atoms with Gasteiger partial charge in [0.15, 0.2) is 11.7 Å². The summed E-state index contributed by atoms with van der Waals surface area (Å²) in [4.78, 5) is 10.8. The first-order valence-electron chi connectivity index (χ1n) is 4.43. The van der Waals surface area contributed by atoms with Crippen molar-refractivity contribution in [1.29, 1.82) is 0 Å². The molecular formula is C10H14O5. The smallest absolute Gasteiger partial charge is 0.336 e. The lowest BCUT2D eigenvalue weighted by molar-refractivity contribution is -0.174. The molecule has 0 radical (unpaired) electrons. The summed E-state index contributed by atoms with van der Waals surface area (Å²) in [6.07, 6.45) is 4.15. The second-order valence-electron chi connectivity index (χ2n) is 3.20. The highest BCUT2D eigenvalue weighted by Gasteiger charge is 2.47. The van der Waals surface area contributed by atoms with E-state index in [1.54, 1.807) is 18.2 Å². The van der Waals surface area contributed by atoms with Crippen molar-refractivity contribution in [2.45, 2.75) is 17.8 Å². The number of carbonyl (C=O) groups is 1. The normalized spacial score (nSPS) is 31.5. The first kappa shape index (κ1) is 11.9. The highest BCUT2D eigenvalue weighted by Crippen LogP contribution is 2.28. The summed E-state index contributed by atoms with van der Waals surface area (Å²) in [5.41, 5.74) is -1.37. The van der Waals surface area contributed by atoms with Crippen molar-refractivity contribution in [3.8, 4) is 0 Å². The van der Waals surface area contributed by atoms with Crippen LogP contribution in [0.5, 0.6) is 0 Å². The molecule has 15 heavy (non-hydrogen) atoms. The highest BCUT2D eigenvalue weighted by molar-refractivity contribution is 5.74. The van der Waals surface area contributed by atoms with Gasteiger partial charge in [-0.3, -0.25) is 0 Å². The second-order valence-corrected chi connectivity index (χ2v) is 3.20. The van der Waals surface area contributed by atoms with E-state index < -0.39 is 23.8 Å². The maximum atomic E-state index is 10.8. The van der Waals surface area contributed by atoms with Gasteiger partial charge in [0.25, 0.3) is 0 Å². The van der Waals surface area contributed by atoms with Gasteiger partial charge in [0.1, 0.15) is 6.10 Å². The van der Waals surface area contributed by atoms with E-state index in [0.717, 1.165) is 0 Å². The third-order valence-electron chi connectivity index (χ3n) is 2.47. The first-order chi connectivity index (χ1) is 7.08. The van der Waals surface area contributed by atoms with Crippen molar-refractivity contribution in [2.24, 2.45) is 0 Å². The van der Waals surface area contributed by atoms with Crippen molar-refractivity contribution in [1.82, 2.24) is 0 Å². The molecule has 3 unspecified atom stereocenters. The number of aliphatic hydroxyl groups is 1. The van der Waals surface area contributed by atoms with Crippen LogP contribution in [0.4, 0.5) is 0 Å². The maximum absolute atomic E-state index is 10.8. The van der Waals surface area contributed by atoms with Crippen LogP contribution in [0.25, 0.3) is 0 Å². The van der Waals surface area contributed by atoms with Crippen molar-refractivity contribution in [2.75, 3.05) is 14.2 Å². The van der Waals surface area contributed by atoms with Gasteiger partial charge < -0.3 is 19.7 Å². The predicted molar refractivity (Wildman–Crippen MR) is 52.5 cm³/mol. The number of carboxylic acid groups (broad SMARTS) is 1. The number of carboxylic acids is 1. The standard InChI is InChI=1S/C10H14O5/c1-14-7-5-3-4-6-10(7,15-2)8(11)9(12)13/h3-8,11H,1-2H3,(H,12,13). The molecule has 3 atom stereocenters. The molecule has 0 saturated heterocycles. The molecule has 0 aromatic carbocycles. The summed E-state index contributed by atoms with van der Waals surface area (Å²) in [5.74, 6) is -1.35. The molecule has 0 spiro atoms. The minimum absolute atomic E-state index is 0.626. The maximum Gasteiger partial charge on any atom is 0.336 e. The van der Waals surface area contributed by atoms with E-state index in [2.05, 4.69) is 0 Å². The van der Waals surface area contributed by atoms with Crippen LogP contribution in [-0.4, -0.2) is 48.2 Å². The summed E-state index contributed by atoms with van der Waals surface area (Å²) in [6, 6.07) is 0. The van der Waals surface area contributed by atoms with Gasteiger partial charge in [-0.15, -0.1) is 0 Å². The van der Waals surface area contributed by atoms with Gasteiger partial charge in [0, 0.05) is 14.2 Å². The molecule has 5 heteroatoms. The summed E-state index contributed by atoms with van der Waals surface area (Å²) in [6.45, 7) is 0. The number of allylic oxidation sites excluding steroid dienone is 2. The van der Waals surface area contributed by atoms with Crippen LogP contribution in [0.2, 0.25) is 0 Å². The molecule has 1 rings (SSSR count). The van der Waals surface area contributed by atoms with Crippen LogP contribution in [0.3, 0.4) is 0 Å². The fourth-order valence-electron chi connectivity index (χ4n) is 1.61. The number of ether oxygens (including phenoxy) is 2. The zero-order valence-corrected chi connectivity index (χ0v) is 8.58. The van der Waals surface area contributed by atoms with E-state index in [9.17, 15) is 9.90 Å². The third kappa shape index (κ3) is 1.94. The van der Waals surface area contributed by atoms with Crippen LogP contribution in [0.15, 0.2) is 24.3 Å². The topological polar surface area (TPSA) is 76.0 Å². The number of hydrogen-bond donors (Lipinski definition) is 2. The quantitative estimate of drug-likeness (QED) is 0.686. The van der Waals surface area contributed by atoms with Crippen LogP contribution in [0, 0.1) is 0 Å². The van der Waals surface area contributed by atoms with Gasteiger partial charge >= 0.3 is 5.97 Å². The molecule has 0 fully saturated rings. The lowest BCUT2D eigenvalue weighted by Gasteiger charge is -2.37. The Morgan fingerprint density at radius 1 is 1.47 bits per heavy atom. The minimum atomic E-state index is -1.67. The van der Waals surface area contributed by atoms with Crippen molar-refractivity contribution in [3.05, 3.63) is 24.3 Å². The van der Waals surface area contributed by atoms with Gasteiger partial charge in [-0.2, -0.15) is 0 Å². The molecule has 0 aromatic rings. The average Bonchev–Trinajstić information content (AvgIpc) is 2.27. The van der Waals surface area contributed by atoms with E-state index in [0.29, 0.717) is 0 Å². The number of aliphatic hydroxyl groups excluding tert-OH is 1. The van der Waals surface area contributed by atoms with Crippen LogP contribution >= 0.6 is 0 Å². The Labute approximate surface area is 87.6 Å². The zero-order chi connectivity index (χ0) is 11.5. The Balaban J connectivity index is 3.06. The molecule has 0 aliphatic heterocycles. The predicted octanol–water partition coefficient (Wildman–Crippen LogP) is -0.0419. The van der Waals surface area contributed by atoms with Crippen LogP contribution in [0.1, 0.15) is 0 Å². The van der Waals surface area contributed by atoms with Crippen LogP contribution in [-0.2, 0) is 14.3 Å². The zero-order valence-electron chi connectivity index (χ0n) is 8.58. The van der Waals surface area contributed by atoms with Gasteiger partial charge in [0.05, 0.1) is 0 Å². The minimum Gasteiger partial charge on any atom is -0.479 e. The number of hydrogen-bond acceptors (Lipinski definition) is 4. The monoisotopic (exact) mass is 214 g/mol. The van der Waals surface area contributed by atoms with E-state index in [-0.39, 0.29) is 0 Å².